The molecular weight excluding hydrogens is 184 g/mol. The van der Waals surface area contributed by atoms with Gasteiger partial charge >= 0.3 is 0 Å². The average molecular weight is 207 g/mol. The monoisotopic (exact) mass is 206 g/mol. The van der Waals surface area contributed by atoms with E-state index in [1.165, 1.54) is 0 Å². The molecule has 0 saturated carbocycles. The second-order valence-corrected chi connectivity index (χ2v) is 23.2. The Hall–Kier alpha value is 0.611. The van der Waals surface area contributed by atoms with Gasteiger partial charge in [0.2, 0.25) is 0 Å². The first-order valence-electron chi connectivity index (χ1n) is 4.35. The van der Waals surface area contributed by atoms with Crippen molar-refractivity contribution in [3.05, 3.63) is 0 Å². The van der Waals surface area contributed by atoms with E-state index in [2.05, 4.69) is 45.8 Å². The van der Waals surface area contributed by atoms with E-state index in [0.717, 1.165) is 0 Å². The molecular formula is C7H22OSi3. The molecule has 0 amide bonds. The summed E-state index contributed by atoms with van der Waals surface area (Å²) in [5.74, 6) is 0. The molecule has 0 unspecified atom stereocenters. The highest BCUT2D eigenvalue weighted by molar-refractivity contribution is 7.29. The van der Waals surface area contributed by atoms with Crippen molar-refractivity contribution in [2.24, 2.45) is 0 Å². The van der Waals surface area contributed by atoms with Crippen LogP contribution in [0.4, 0.5) is 0 Å². The lowest BCUT2D eigenvalue weighted by Gasteiger charge is -2.34. The SMILES string of the molecule is C[SiH](C)[Si](C)(C)O[Si](C)(C)C. The molecule has 0 aliphatic heterocycles. The maximum absolute atomic E-state index is 6.23. The largest absolute Gasteiger partial charge is 0.458 e. The van der Waals surface area contributed by atoms with Crippen LogP contribution in [0.1, 0.15) is 0 Å². The van der Waals surface area contributed by atoms with Gasteiger partial charge in [0, 0.05) is 0 Å². The Kier molecular flexibility index (Phi) is 3.75. The van der Waals surface area contributed by atoms with Crippen molar-refractivity contribution in [3.63, 3.8) is 0 Å². The van der Waals surface area contributed by atoms with Gasteiger partial charge in [-0.3, -0.25) is 0 Å². The van der Waals surface area contributed by atoms with Gasteiger partial charge < -0.3 is 4.12 Å². The van der Waals surface area contributed by atoms with E-state index in [-0.39, 0.29) is 0 Å². The molecule has 0 N–H and O–H groups in total. The zero-order valence-electron chi connectivity index (χ0n) is 8.99. The van der Waals surface area contributed by atoms with Crippen LogP contribution in [0.2, 0.25) is 45.8 Å². The molecule has 0 atom stereocenters. The van der Waals surface area contributed by atoms with E-state index in [4.69, 9.17) is 4.12 Å². The molecule has 0 rings (SSSR count). The molecule has 1 nitrogen and oxygen atoms in total. The standard InChI is InChI=1S/C7H22OSi3/c1-9(2)11(6,7)8-10(3,4)5/h9H,1-7H3. The first-order chi connectivity index (χ1) is 4.65. The summed E-state index contributed by atoms with van der Waals surface area (Å²) in [4.78, 5) is 0. The number of rotatable bonds is 3. The first-order valence-corrected chi connectivity index (χ1v) is 14.8. The maximum atomic E-state index is 6.23. The third kappa shape index (κ3) is 4.95. The van der Waals surface area contributed by atoms with Crippen LogP contribution in [0.25, 0.3) is 0 Å². The van der Waals surface area contributed by atoms with Crippen molar-refractivity contribution in [1.29, 1.82) is 0 Å². The Morgan fingerprint density at radius 1 is 0.909 bits per heavy atom. The summed E-state index contributed by atoms with van der Waals surface area (Å²) >= 11 is 0. The van der Waals surface area contributed by atoms with Gasteiger partial charge in [0.1, 0.15) is 0 Å². The molecule has 0 aliphatic carbocycles. The molecule has 0 fully saturated rings. The lowest BCUT2D eigenvalue weighted by Crippen LogP contribution is -2.51. The van der Waals surface area contributed by atoms with Crippen LogP contribution in [-0.2, 0) is 4.12 Å². The maximum Gasteiger partial charge on any atom is 0.170 e. The van der Waals surface area contributed by atoms with Gasteiger partial charge in [0.15, 0.2) is 16.2 Å². The van der Waals surface area contributed by atoms with Gasteiger partial charge in [-0.2, -0.15) is 0 Å². The van der Waals surface area contributed by atoms with Gasteiger partial charge in [0.25, 0.3) is 0 Å². The van der Waals surface area contributed by atoms with E-state index in [0.29, 0.717) is 0 Å². The predicted octanol–water partition coefficient (Wildman–Crippen LogP) is 2.61. The smallest absolute Gasteiger partial charge is 0.170 e. The zero-order chi connectivity index (χ0) is 9.28. The second kappa shape index (κ2) is 3.55. The summed E-state index contributed by atoms with van der Waals surface area (Å²) in [5, 5.41) is 0. The molecule has 0 aliphatic rings. The van der Waals surface area contributed by atoms with E-state index in [1.807, 2.05) is 0 Å². The molecule has 4 heteroatoms. The van der Waals surface area contributed by atoms with Crippen LogP contribution >= 0.6 is 0 Å². The molecule has 0 bridgehead atoms. The molecule has 0 heterocycles. The van der Waals surface area contributed by atoms with Gasteiger partial charge in [-0.1, -0.05) is 13.1 Å². The Balaban J connectivity index is 4.13. The van der Waals surface area contributed by atoms with Crippen LogP contribution in [0.3, 0.4) is 0 Å². The van der Waals surface area contributed by atoms with Crippen molar-refractivity contribution in [3.8, 4) is 0 Å². The minimum absolute atomic E-state index is 0.528. The molecule has 0 aromatic rings. The summed E-state index contributed by atoms with van der Waals surface area (Å²) in [6, 6.07) is 0. The number of hydrogen-bond acceptors (Lipinski definition) is 1. The fourth-order valence-electron chi connectivity index (χ4n) is 0.907. The molecule has 0 saturated heterocycles. The van der Waals surface area contributed by atoms with Gasteiger partial charge in [-0.05, 0) is 32.7 Å². The highest BCUT2D eigenvalue weighted by Crippen LogP contribution is 2.16. The van der Waals surface area contributed by atoms with Crippen LogP contribution in [0.15, 0.2) is 0 Å². The summed E-state index contributed by atoms with van der Waals surface area (Å²) in [7, 11) is -3.00. The van der Waals surface area contributed by atoms with Gasteiger partial charge in [-0.25, -0.2) is 0 Å². The Bertz CT molecular complexity index is 126. The Labute approximate surface area is 74.8 Å². The van der Waals surface area contributed by atoms with E-state index >= 15 is 0 Å². The average Bonchev–Trinajstić information content (AvgIpc) is 1.56. The zero-order valence-corrected chi connectivity index (χ0v) is 12.1. The minimum Gasteiger partial charge on any atom is -0.458 e. The highest BCUT2D eigenvalue weighted by Gasteiger charge is 2.32. The van der Waals surface area contributed by atoms with Crippen LogP contribution in [0.5, 0.6) is 0 Å². The molecule has 68 valence electrons. The van der Waals surface area contributed by atoms with Crippen molar-refractivity contribution < 1.29 is 4.12 Å². The van der Waals surface area contributed by atoms with Crippen LogP contribution in [0, 0.1) is 0 Å². The van der Waals surface area contributed by atoms with E-state index in [9.17, 15) is 0 Å². The number of hydrogen-bond donors (Lipinski definition) is 0. The quantitative estimate of drug-likeness (QED) is 0.645. The summed E-state index contributed by atoms with van der Waals surface area (Å²) in [6.07, 6.45) is 0. The second-order valence-electron chi connectivity index (χ2n) is 4.97. The van der Waals surface area contributed by atoms with Crippen molar-refractivity contribution in [1.82, 2.24) is 0 Å². The van der Waals surface area contributed by atoms with Crippen molar-refractivity contribution in [2.45, 2.75) is 45.8 Å². The fourth-order valence-corrected chi connectivity index (χ4v) is 13.5. The lowest BCUT2D eigenvalue weighted by molar-refractivity contribution is 0.571. The van der Waals surface area contributed by atoms with Crippen molar-refractivity contribution in [2.75, 3.05) is 0 Å². The Morgan fingerprint density at radius 3 is 1.36 bits per heavy atom. The summed E-state index contributed by atoms with van der Waals surface area (Å²) in [6.45, 7) is 16.4. The molecule has 11 heavy (non-hydrogen) atoms. The Morgan fingerprint density at radius 2 is 1.27 bits per heavy atom. The summed E-state index contributed by atoms with van der Waals surface area (Å²) < 4.78 is 6.23. The predicted molar refractivity (Wildman–Crippen MR) is 60.8 cm³/mol. The summed E-state index contributed by atoms with van der Waals surface area (Å²) in [5.41, 5.74) is 0. The van der Waals surface area contributed by atoms with E-state index in [1.54, 1.807) is 0 Å². The molecule has 0 spiro atoms. The van der Waals surface area contributed by atoms with Crippen LogP contribution < -0.4 is 0 Å². The van der Waals surface area contributed by atoms with Gasteiger partial charge in [0.05, 0.1) is 8.31 Å². The first kappa shape index (κ1) is 11.6. The fraction of sp³-hybridized carbons (Fsp3) is 1.00. The molecule has 0 radical (unpaired) electrons. The van der Waals surface area contributed by atoms with E-state index < -0.39 is 24.5 Å². The molecule has 0 aromatic heterocycles. The minimum atomic E-state index is -1.26. The molecule has 0 aromatic carbocycles. The highest BCUT2D eigenvalue weighted by atomic mass is 29.2. The third-order valence-electron chi connectivity index (χ3n) is 1.96. The third-order valence-corrected chi connectivity index (χ3v) is 18.7. The normalized spacial score (nSPS) is 14.2. The van der Waals surface area contributed by atoms with Crippen LogP contribution in [-0.4, -0.2) is 24.5 Å². The van der Waals surface area contributed by atoms with Gasteiger partial charge in [-0.15, -0.1) is 0 Å². The topological polar surface area (TPSA) is 9.23 Å². The lowest BCUT2D eigenvalue weighted by atomic mass is 11.8. The van der Waals surface area contributed by atoms with Crippen molar-refractivity contribution >= 4 is 24.5 Å².